The first kappa shape index (κ1) is 23.9. The van der Waals surface area contributed by atoms with Crippen molar-refractivity contribution >= 4 is 23.8 Å². The van der Waals surface area contributed by atoms with E-state index in [1.54, 1.807) is 13.3 Å². The van der Waals surface area contributed by atoms with Crippen molar-refractivity contribution in [3.8, 4) is 11.1 Å². The number of hydrazine groups is 1. The van der Waals surface area contributed by atoms with Gasteiger partial charge >= 0.3 is 0 Å². The van der Waals surface area contributed by atoms with Gasteiger partial charge in [-0.2, -0.15) is 0 Å². The van der Waals surface area contributed by atoms with Gasteiger partial charge in [-0.25, -0.2) is 4.99 Å². The second kappa shape index (κ2) is 10.0. The molecule has 1 fully saturated rings. The quantitative estimate of drug-likeness (QED) is 0.252. The van der Waals surface area contributed by atoms with Crippen molar-refractivity contribution in [1.29, 1.82) is 0 Å². The van der Waals surface area contributed by atoms with Crippen LogP contribution in [0.2, 0.25) is 0 Å². The number of aromatic nitrogens is 1. The summed E-state index contributed by atoms with van der Waals surface area (Å²) in [5.41, 5.74) is 19.3. The molecule has 10 nitrogen and oxygen atoms in total. The van der Waals surface area contributed by atoms with Crippen molar-refractivity contribution in [3.05, 3.63) is 71.9 Å². The van der Waals surface area contributed by atoms with Crippen molar-refractivity contribution in [3.63, 3.8) is 0 Å². The number of nitrogens with two attached hydrogens (primary N) is 2. The highest BCUT2D eigenvalue weighted by Crippen LogP contribution is 2.41. The Morgan fingerprint density at radius 1 is 1.11 bits per heavy atom. The van der Waals surface area contributed by atoms with E-state index < -0.39 is 24.5 Å². The van der Waals surface area contributed by atoms with Gasteiger partial charge in [-0.3, -0.25) is 15.4 Å². The van der Waals surface area contributed by atoms with Crippen LogP contribution in [-0.2, 0) is 17.7 Å². The Balaban J connectivity index is 1.38. The molecule has 2 aliphatic heterocycles. The predicted molar refractivity (Wildman–Crippen MR) is 140 cm³/mol. The van der Waals surface area contributed by atoms with E-state index in [0.717, 1.165) is 34.4 Å². The number of nitrogens with one attached hydrogen (secondary N) is 1. The lowest BCUT2D eigenvalue weighted by molar-refractivity contribution is -0.0308. The number of ether oxygens (including phenoxy) is 1. The average molecular weight is 490 g/mol. The molecular formula is C26H31N7O3. The molecule has 5 rings (SSSR count). The Bertz CT molecular complexity index is 1250. The monoisotopic (exact) mass is 489 g/mol. The number of aliphatic hydroxyl groups excluding tert-OH is 2. The zero-order chi connectivity index (χ0) is 25.2. The van der Waals surface area contributed by atoms with E-state index in [1.807, 2.05) is 70.4 Å². The van der Waals surface area contributed by atoms with E-state index in [1.165, 1.54) is 0 Å². The van der Waals surface area contributed by atoms with Crippen LogP contribution in [0.15, 0.2) is 70.8 Å². The fraction of sp³-hybridized carbons (Fsp3) is 0.308. The van der Waals surface area contributed by atoms with Gasteiger partial charge < -0.3 is 31.0 Å². The average Bonchev–Trinajstić information content (AvgIpc) is 3.37. The van der Waals surface area contributed by atoms with Crippen molar-refractivity contribution < 1.29 is 14.9 Å². The Morgan fingerprint density at radius 2 is 1.86 bits per heavy atom. The van der Waals surface area contributed by atoms with Crippen LogP contribution in [0.4, 0.5) is 11.5 Å². The fourth-order valence-corrected chi connectivity index (χ4v) is 4.60. The molecule has 1 aromatic heterocycles. The number of rotatable bonds is 7. The van der Waals surface area contributed by atoms with E-state index in [-0.39, 0.29) is 5.96 Å². The summed E-state index contributed by atoms with van der Waals surface area (Å²) in [7, 11) is 0. The summed E-state index contributed by atoms with van der Waals surface area (Å²) < 4.78 is 7.73. The van der Waals surface area contributed by atoms with Crippen LogP contribution in [0.3, 0.4) is 0 Å². The number of aliphatic hydroxyl groups is 2. The van der Waals surface area contributed by atoms with Crippen molar-refractivity contribution in [2.75, 3.05) is 12.0 Å². The third-order valence-electron chi connectivity index (χ3n) is 6.51. The van der Waals surface area contributed by atoms with Gasteiger partial charge in [-0.15, -0.1) is 0 Å². The summed E-state index contributed by atoms with van der Waals surface area (Å²) in [4.78, 5) is 8.73. The molecule has 1 saturated heterocycles. The third-order valence-corrected chi connectivity index (χ3v) is 6.51. The second-order valence-corrected chi connectivity index (χ2v) is 9.07. The highest BCUT2D eigenvalue weighted by Gasteiger charge is 2.42. The number of aliphatic imine (C=N–C) groups is 2. The lowest BCUT2D eigenvalue weighted by atomic mass is 10.0. The normalized spacial score (nSPS) is 22.9. The third kappa shape index (κ3) is 4.78. The molecule has 4 atom stereocenters. The summed E-state index contributed by atoms with van der Waals surface area (Å²) in [6, 6.07) is 18.1. The number of nitrogens with zero attached hydrogens (tertiary/aromatic N) is 4. The first-order chi connectivity index (χ1) is 17.4. The number of anilines is 1. The summed E-state index contributed by atoms with van der Waals surface area (Å²) in [5.74, 6) is 0.799. The molecule has 36 heavy (non-hydrogen) atoms. The number of fused-ring (bicyclic) bond motifs is 1. The molecular weight excluding hydrogens is 458 g/mol. The van der Waals surface area contributed by atoms with Crippen LogP contribution in [0, 0.1) is 0 Å². The van der Waals surface area contributed by atoms with Gasteiger partial charge in [0.25, 0.3) is 0 Å². The van der Waals surface area contributed by atoms with Gasteiger partial charge in [0.15, 0.2) is 12.2 Å². The van der Waals surface area contributed by atoms with Crippen molar-refractivity contribution in [2.45, 2.75) is 44.4 Å². The van der Waals surface area contributed by atoms with E-state index in [2.05, 4.69) is 10.4 Å². The van der Waals surface area contributed by atoms with Gasteiger partial charge in [0.2, 0.25) is 0 Å². The summed E-state index contributed by atoms with van der Waals surface area (Å²) in [6.45, 7) is 2.84. The highest BCUT2D eigenvalue weighted by atomic mass is 16.6. The lowest BCUT2D eigenvalue weighted by Gasteiger charge is -2.26. The lowest BCUT2D eigenvalue weighted by Crippen LogP contribution is -2.31. The number of guanidine groups is 1. The Morgan fingerprint density at radius 3 is 2.53 bits per heavy atom. The molecule has 0 unspecified atom stereocenters. The fourth-order valence-electron chi connectivity index (χ4n) is 4.60. The zero-order valence-corrected chi connectivity index (χ0v) is 20.0. The number of benzene rings is 2. The molecule has 0 bridgehead atoms. The van der Waals surface area contributed by atoms with E-state index >= 15 is 0 Å². The maximum absolute atomic E-state index is 10.6. The van der Waals surface area contributed by atoms with Gasteiger partial charge in [-0.05, 0) is 36.6 Å². The smallest absolute Gasteiger partial charge is 0.185 e. The molecule has 0 saturated carbocycles. The van der Waals surface area contributed by atoms with Gasteiger partial charge in [0.1, 0.15) is 24.4 Å². The minimum Gasteiger partial charge on any atom is -0.388 e. The summed E-state index contributed by atoms with van der Waals surface area (Å²) >= 11 is 0. The maximum Gasteiger partial charge on any atom is 0.185 e. The van der Waals surface area contributed by atoms with E-state index in [0.29, 0.717) is 18.9 Å². The Labute approximate surface area is 209 Å². The maximum atomic E-state index is 10.6. The van der Waals surface area contributed by atoms with Gasteiger partial charge in [0, 0.05) is 23.9 Å². The molecule has 3 aromatic rings. The predicted octanol–water partition coefficient (Wildman–Crippen LogP) is 2.11. The van der Waals surface area contributed by atoms with Crippen LogP contribution >= 0.6 is 0 Å². The number of hydrogen-bond donors (Lipinski definition) is 5. The van der Waals surface area contributed by atoms with Gasteiger partial charge in [-0.1, -0.05) is 42.5 Å². The SMILES string of the molecule is C[C@H]1O[C@@H](n2cc(-c3ccccc3)c3c2N=CN(Nc2ccc(CCN=C(N)N)cc2)C3)[C@H](O)[C@@H]1O. The molecule has 0 radical (unpaired) electrons. The topological polar surface area (TPSA) is 147 Å². The Hall–Kier alpha value is -3.86. The molecule has 3 heterocycles. The van der Waals surface area contributed by atoms with Crippen molar-refractivity contribution in [2.24, 2.45) is 21.5 Å². The van der Waals surface area contributed by atoms with Crippen LogP contribution < -0.4 is 16.9 Å². The van der Waals surface area contributed by atoms with Crippen molar-refractivity contribution in [1.82, 2.24) is 9.58 Å². The molecule has 10 heteroatoms. The standard InChI is InChI=1S/C26H31N7O3/c1-16-22(34)23(35)25(36-16)33-14-20(18-5-3-2-4-6-18)21-13-32(15-30-24(21)33)31-19-9-7-17(8-10-19)11-12-29-26(27)28/h2-10,14-16,22-23,25,31,34-35H,11-13H2,1H3,(H4,27,28,29)/t16-,22-,23-,25-/m1/s1. The highest BCUT2D eigenvalue weighted by molar-refractivity contribution is 5.78. The minimum absolute atomic E-state index is 0.0976. The molecule has 188 valence electrons. The first-order valence-corrected chi connectivity index (χ1v) is 11.9. The second-order valence-electron chi connectivity index (χ2n) is 9.07. The molecule has 2 aliphatic rings. The van der Waals surface area contributed by atoms with E-state index in [9.17, 15) is 10.2 Å². The van der Waals surface area contributed by atoms with Crippen LogP contribution in [0.25, 0.3) is 11.1 Å². The van der Waals surface area contributed by atoms with Gasteiger partial charge in [0.05, 0.1) is 18.3 Å². The van der Waals surface area contributed by atoms with Crippen LogP contribution in [0.1, 0.15) is 24.3 Å². The molecule has 7 N–H and O–H groups in total. The molecule has 0 aliphatic carbocycles. The minimum atomic E-state index is -1.04. The summed E-state index contributed by atoms with van der Waals surface area (Å²) in [5, 5.41) is 22.8. The molecule has 2 aromatic carbocycles. The Kier molecular flexibility index (Phi) is 6.64. The number of hydrogen-bond acceptors (Lipinski definition) is 7. The zero-order valence-electron chi connectivity index (χ0n) is 20.0. The largest absolute Gasteiger partial charge is 0.388 e. The molecule has 0 spiro atoms. The summed E-state index contributed by atoms with van der Waals surface area (Å²) in [6.07, 6.45) is 1.23. The first-order valence-electron chi connectivity index (χ1n) is 11.9. The van der Waals surface area contributed by atoms with E-state index in [4.69, 9.17) is 21.2 Å². The molecule has 0 amide bonds. The van der Waals surface area contributed by atoms with Crippen LogP contribution in [-0.4, -0.2) is 56.9 Å². The van der Waals surface area contributed by atoms with Crippen LogP contribution in [0.5, 0.6) is 0 Å².